The number of nitrogens with one attached hydrogen (secondary N) is 1. The Bertz CT molecular complexity index is 1010. The van der Waals surface area contributed by atoms with Crippen molar-refractivity contribution in [2.75, 3.05) is 5.32 Å². The molecule has 4 heteroatoms. The second-order valence-electron chi connectivity index (χ2n) is 6.14. The fourth-order valence-corrected chi connectivity index (χ4v) is 2.38. The molecule has 1 N–H and O–H groups in total. The van der Waals surface area contributed by atoms with E-state index in [1.54, 1.807) is 24.3 Å². The van der Waals surface area contributed by atoms with Crippen LogP contribution in [0.3, 0.4) is 0 Å². The number of hydrogen-bond acceptors (Lipinski definition) is 3. The van der Waals surface area contributed by atoms with Gasteiger partial charge < -0.3 is 10.1 Å². The van der Waals surface area contributed by atoms with Crippen molar-refractivity contribution in [3.8, 4) is 17.6 Å². The highest BCUT2D eigenvalue weighted by atomic mass is 16.5. The number of hydrogen-bond donors (Lipinski definition) is 1. The number of ether oxygens (including phenoxy) is 1. The van der Waals surface area contributed by atoms with Gasteiger partial charge in [-0.05, 0) is 54.1 Å². The Kier molecular flexibility index (Phi) is 6.22. The van der Waals surface area contributed by atoms with Crippen LogP contribution < -0.4 is 10.1 Å². The van der Waals surface area contributed by atoms with Crippen molar-refractivity contribution in [2.45, 2.75) is 13.5 Å². The molecule has 28 heavy (non-hydrogen) atoms. The molecule has 4 nitrogen and oxygen atoms in total. The topological polar surface area (TPSA) is 55.4 Å². The minimum absolute atomic E-state index is 0.526. The summed E-state index contributed by atoms with van der Waals surface area (Å²) in [5.41, 5.74) is 3.37. The van der Waals surface area contributed by atoms with Crippen molar-refractivity contribution in [1.82, 2.24) is 0 Å². The summed E-state index contributed by atoms with van der Waals surface area (Å²) >= 11 is 0. The number of ketones is 1. The summed E-state index contributed by atoms with van der Waals surface area (Å²) in [6.45, 7) is 1.76. The maximum absolute atomic E-state index is 11.4. The van der Waals surface area contributed by atoms with Gasteiger partial charge in [-0.15, -0.1) is 0 Å². The summed E-state index contributed by atoms with van der Waals surface area (Å²) in [5.74, 6) is 5.80. The quantitative estimate of drug-likeness (QED) is 0.542. The minimum Gasteiger partial charge on any atom is -0.489 e. The molecule has 3 aromatic carbocycles. The summed E-state index contributed by atoms with van der Waals surface area (Å²) in [5, 5.41) is 2.52. The first-order valence-electron chi connectivity index (χ1n) is 8.81. The monoisotopic (exact) mass is 369 g/mol. The highest BCUT2D eigenvalue weighted by molar-refractivity contribution is 6.39. The first kappa shape index (κ1) is 18.9. The van der Waals surface area contributed by atoms with Gasteiger partial charge in [-0.1, -0.05) is 42.2 Å². The Morgan fingerprint density at radius 1 is 0.821 bits per heavy atom. The molecule has 0 unspecified atom stereocenters. The Morgan fingerprint density at radius 3 is 1.96 bits per heavy atom. The van der Waals surface area contributed by atoms with Crippen molar-refractivity contribution in [3.05, 3.63) is 95.6 Å². The van der Waals surface area contributed by atoms with Crippen LogP contribution in [0, 0.1) is 11.8 Å². The lowest BCUT2D eigenvalue weighted by Crippen LogP contribution is -2.19. The van der Waals surface area contributed by atoms with E-state index in [2.05, 4.69) is 17.2 Å². The van der Waals surface area contributed by atoms with Gasteiger partial charge in [-0.2, -0.15) is 0 Å². The van der Waals surface area contributed by atoms with E-state index < -0.39 is 11.7 Å². The Hall–Kier alpha value is -3.84. The second kappa shape index (κ2) is 9.20. The molecule has 3 rings (SSSR count). The van der Waals surface area contributed by atoms with Gasteiger partial charge in [0.15, 0.2) is 0 Å². The summed E-state index contributed by atoms with van der Waals surface area (Å²) in [7, 11) is 0. The van der Waals surface area contributed by atoms with Crippen LogP contribution in [0.15, 0.2) is 78.9 Å². The van der Waals surface area contributed by atoms with E-state index in [-0.39, 0.29) is 0 Å². The minimum atomic E-state index is -0.631. The fourth-order valence-electron chi connectivity index (χ4n) is 2.38. The van der Waals surface area contributed by atoms with Crippen molar-refractivity contribution in [2.24, 2.45) is 0 Å². The predicted octanol–water partition coefficient (Wildman–Crippen LogP) is 4.19. The van der Waals surface area contributed by atoms with E-state index in [1.165, 1.54) is 6.92 Å². The standard InChI is InChI=1S/C24H19NO3/c1-18(26)24(27)25-22-13-9-19(10-14-22)7-8-20-11-15-23(16-12-20)28-17-21-5-3-2-4-6-21/h2-6,9-16H,17H2,1H3,(H,25,27). The molecule has 1 amide bonds. The lowest BCUT2D eigenvalue weighted by atomic mass is 10.1. The molecule has 0 spiro atoms. The average molecular weight is 369 g/mol. The third-order valence-corrected chi connectivity index (χ3v) is 3.92. The predicted molar refractivity (Wildman–Crippen MR) is 109 cm³/mol. The lowest BCUT2D eigenvalue weighted by Gasteiger charge is -2.06. The van der Waals surface area contributed by atoms with E-state index in [1.807, 2.05) is 54.6 Å². The molecular formula is C24H19NO3. The Morgan fingerprint density at radius 2 is 1.39 bits per heavy atom. The molecule has 0 fully saturated rings. The number of Topliss-reactive ketones (excluding diaryl/α,β-unsaturated/α-hetero) is 1. The molecule has 0 bridgehead atoms. The Labute approximate surface area is 164 Å². The second-order valence-corrected chi connectivity index (χ2v) is 6.14. The van der Waals surface area contributed by atoms with Gasteiger partial charge in [0.1, 0.15) is 12.4 Å². The van der Waals surface area contributed by atoms with Crippen LogP contribution in [-0.2, 0) is 16.2 Å². The van der Waals surface area contributed by atoms with E-state index in [9.17, 15) is 9.59 Å². The third-order valence-electron chi connectivity index (χ3n) is 3.92. The first-order valence-corrected chi connectivity index (χ1v) is 8.81. The molecule has 138 valence electrons. The lowest BCUT2D eigenvalue weighted by molar-refractivity contribution is -0.133. The van der Waals surface area contributed by atoms with Crippen molar-refractivity contribution in [1.29, 1.82) is 0 Å². The summed E-state index contributed by atoms with van der Waals surface area (Å²) in [6, 6.07) is 24.6. The zero-order valence-electron chi connectivity index (χ0n) is 15.4. The van der Waals surface area contributed by atoms with Crippen molar-refractivity contribution >= 4 is 17.4 Å². The zero-order chi connectivity index (χ0) is 19.8. The average Bonchev–Trinajstić information content (AvgIpc) is 2.73. The SMILES string of the molecule is CC(=O)C(=O)Nc1ccc(C#Cc2ccc(OCc3ccccc3)cc2)cc1. The van der Waals surface area contributed by atoms with Crippen LogP contribution in [0.5, 0.6) is 5.75 Å². The van der Waals surface area contributed by atoms with E-state index in [4.69, 9.17) is 4.74 Å². The van der Waals surface area contributed by atoms with Crippen molar-refractivity contribution in [3.63, 3.8) is 0 Å². The van der Waals surface area contributed by atoms with Gasteiger partial charge in [0.2, 0.25) is 5.78 Å². The molecule has 0 aromatic heterocycles. The number of carbonyl (C=O) groups is 2. The molecule has 0 aliphatic carbocycles. The fraction of sp³-hybridized carbons (Fsp3) is 0.0833. The van der Waals surface area contributed by atoms with Crippen molar-refractivity contribution < 1.29 is 14.3 Å². The van der Waals surface area contributed by atoms with E-state index in [0.717, 1.165) is 22.4 Å². The van der Waals surface area contributed by atoms with Crippen LogP contribution >= 0.6 is 0 Å². The largest absolute Gasteiger partial charge is 0.489 e. The molecule has 0 heterocycles. The molecule has 0 saturated carbocycles. The molecule has 0 aliphatic heterocycles. The highest BCUT2D eigenvalue weighted by Crippen LogP contribution is 2.14. The van der Waals surface area contributed by atoms with Gasteiger partial charge in [0.05, 0.1) is 0 Å². The van der Waals surface area contributed by atoms with Crippen LogP contribution in [0.1, 0.15) is 23.6 Å². The van der Waals surface area contributed by atoms with Crippen LogP contribution in [0.4, 0.5) is 5.69 Å². The maximum atomic E-state index is 11.4. The van der Waals surface area contributed by atoms with E-state index in [0.29, 0.717) is 12.3 Å². The maximum Gasteiger partial charge on any atom is 0.291 e. The number of anilines is 1. The zero-order valence-corrected chi connectivity index (χ0v) is 15.4. The summed E-state index contributed by atoms with van der Waals surface area (Å²) < 4.78 is 5.76. The number of rotatable bonds is 5. The smallest absolute Gasteiger partial charge is 0.291 e. The van der Waals surface area contributed by atoms with Crippen LogP contribution in [-0.4, -0.2) is 11.7 Å². The van der Waals surface area contributed by atoms with Gasteiger partial charge in [-0.25, -0.2) is 0 Å². The van der Waals surface area contributed by atoms with Crippen LogP contribution in [0.25, 0.3) is 0 Å². The number of amides is 1. The highest BCUT2D eigenvalue weighted by Gasteiger charge is 2.06. The Balaban J connectivity index is 1.58. The normalized spacial score (nSPS) is 9.75. The third kappa shape index (κ3) is 5.58. The summed E-state index contributed by atoms with van der Waals surface area (Å²) in [6.07, 6.45) is 0. The summed E-state index contributed by atoms with van der Waals surface area (Å²) in [4.78, 5) is 22.3. The number of benzene rings is 3. The molecule has 0 atom stereocenters. The molecule has 0 radical (unpaired) electrons. The molecule has 0 aliphatic rings. The van der Waals surface area contributed by atoms with Gasteiger partial charge in [0.25, 0.3) is 5.91 Å². The van der Waals surface area contributed by atoms with E-state index >= 15 is 0 Å². The van der Waals surface area contributed by atoms with Crippen LogP contribution in [0.2, 0.25) is 0 Å². The van der Waals surface area contributed by atoms with Gasteiger partial charge in [0, 0.05) is 23.7 Å². The van der Waals surface area contributed by atoms with Gasteiger partial charge >= 0.3 is 0 Å². The molecular weight excluding hydrogens is 350 g/mol. The number of carbonyl (C=O) groups excluding carboxylic acids is 2. The molecule has 0 saturated heterocycles. The molecule has 3 aromatic rings. The van der Waals surface area contributed by atoms with Gasteiger partial charge in [-0.3, -0.25) is 9.59 Å². The first-order chi connectivity index (χ1) is 13.6.